The first-order chi connectivity index (χ1) is 22.2. The summed E-state index contributed by atoms with van der Waals surface area (Å²) in [6, 6.07) is 7.90. The van der Waals surface area contributed by atoms with E-state index in [4.69, 9.17) is 40.7 Å². The van der Waals surface area contributed by atoms with E-state index in [1.54, 1.807) is 42.7 Å². The summed E-state index contributed by atoms with van der Waals surface area (Å²) in [6.45, 7) is 13.2. The summed E-state index contributed by atoms with van der Waals surface area (Å²) in [6.07, 6.45) is -1.57. The highest BCUT2D eigenvalue weighted by Gasteiger charge is 2.55. The number of halogens is 1. The molecule has 47 heavy (non-hydrogen) atoms. The Kier molecular flexibility index (Phi) is 11.2. The molecule has 17 heteroatoms. The van der Waals surface area contributed by atoms with Crippen molar-refractivity contribution in [2.45, 2.75) is 89.3 Å². The molecule has 0 aliphatic carbocycles. The third kappa shape index (κ3) is 7.53. The van der Waals surface area contributed by atoms with Crippen molar-refractivity contribution in [3.63, 3.8) is 0 Å². The van der Waals surface area contributed by atoms with Crippen LogP contribution in [-0.2, 0) is 39.4 Å². The molecule has 2 unspecified atom stereocenters. The molecule has 2 N–H and O–H groups in total. The first-order valence-corrected chi connectivity index (χ1v) is 18.5. The number of ether oxygens (including phenoxy) is 4. The molecule has 0 saturated carbocycles. The molecule has 2 aromatic heterocycles. The minimum absolute atomic E-state index is 0.00876. The van der Waals surface area contributed by atoms with Crippen LogP contribution in [0.25, 0.3) is 21.6 Å². The fourth-order valence-corrected chi connectivity index (χ4v) is 6.48. The number of benzene rings is 1. The van der Waals surface area contributed by atoms with Crippen LogP contribution in [0, 0.1) is 0 Å². The second kappa shape index (κ2) is 14.5. The van der Waals surface area contributed by atoms with Crippen molar-refractivity contribution in [1.82, 2.24) is 19.5 Å². The molecule has 0 spiro atoms. The average molecular weight is 689 g/mol. The summed E-state index contributed by atoms with van der Waals surface area (Å²) in [5.74, 6) is -1.78. The fraction of sp³-hybridized carbons (Fsp3) is 0.567. The maximum atomic E-state index is 13.6. The molecule has 0 bridgehead atoms. The third-order valence-electron chi connectivity index (χ3n) is 8.43. The number of nitrogens with zero attached hydrogens (tertiary/aromatic N) is 7. The molecule has 1 saturated heterocycles. The number of carbonyl (C=O) groups is 2. The lowest BCUT2D eigenvalue weighted by Gasteiger charge is -2.40. The molecule has 1 aliphatic heterocycles. The summed E-state index contributed by atoms with van der Waals surface area (Å²) in [4.78, 5) is 43.0. The van der Waals surface area contributed by atoms with Gasteiger partial charge in [0.1, 0.15) is 11.6 Å². The van der Waals surface area contributed by atoms with Crippen molar-refractivity contribution in [3.8, 4) is 0 Å². The maximum Gasteiger partial charge on any atom is 0.350 e. The standard InChI is InChI=1S/C30H41ClN8O7Si/c1-8-42-26(40)30(27(41)43-9-2,15-18-13-11-10-12-14-18)44-16-19-20(37-38-33)22(46-47(6,7)29(3,4)5)25(45-19)39-17-34-21-23(32)35-28(31)36-24(21)39/h10-14,17,19-20,22,25H,8-9,15-16H2,1-7H3,(H2,32,35,36)/t19-,20?,22?,25-/m1/s1. The summed E-state index contributed by atoms with van der Waals surface area (Å²) in [7, 11) is -2.55. The van der Waals surface area contributed by atoms with Crippen molar-refractivity contribution in [2.24, 2.45) is 5.11 Å². The molecule has 4 atom stereocenters. The largest absolute Gasteiger partial charge is 0.463 e. The number of esters is 2. The van der Waals surface area contributed by atoms with E-state index >= 15 is 0 Å². The van der Waals surface area contributed by atoms with Gasteiger partial charge < -0.3 is 29.1 Å². The minimum Gasteiger partial charge on any atom is -0.463 e. The van der Waals surface area contributed by atoms with Crippen LogP contribution in [0.3, 0.4) is 0 Å². The van der Waals surface area contributed by atoms with Gasteiger partial charge in [-0.1, -0.05) is 56.2 Å². The number of hydrogen-bond acceptors (Lipinski definition) is 12. The normalized spacial score (nSPS) is 20.2. The molecule has 254 valence electrons. The lowest BCUT2D eigenvalue weighted by Crippen LogP contribution is -2.54. The molecular formula is C30H41ClN8O7Si. The molecule has 1 fully saturated rings. The molecule has 15 nitrogen and oxygen atoms in total. The number of aromatic nitrogens is 4. The SMILES string of the molecule is CCOC(=O)C(Cc1ccccc1)(OC[C@H]1O[C@@H](n2cnc3c(N)nc(Cl)nc32)C(O[Si](C)(C)C(C)(C)C)C1N=[N+]=[N-])C(=O)OCC. The van der Waals surface area contributed by atoms with Gasteiger partial charge in [-0.2, -0.15) is 9.97 Å². The number of nitrogens with two attached hydrogens (primary N) is 1. The van der Waals surface area contributed by atoms with Crippen molar-refractivity contribution in [3.05, 3.63) is 57.9 Å². The van der Waals surface area contributed by atoms with Gasteiger partial charge in [0, 0.05) is 11.3 Å². The number of fused-ring (bicyclic) bond motifs is 1. The smallest absolute Gasteiger partial charge is 0.350 e. The molecule has 1 aromatic carbocycles. The number of anilines is 1. The highest BCUT2D eigenvalue weighted by Crippen LogP contribution is 2.44. The molecule has 3 heterocycles. The monoisotopic (exact) mass is 688 g/mol. The first-order valence-electron chi connectivity index (χ1n) is 15.2. The molecule has 4 rings (SSSR count). The maximum absolute atomic E-state index is 13.6. The Bertz CT molecular complexity index is 1610. The lowest BCUT2D eigenvalue weighted by molar-refractivity contribution is -0.195. The average Bonchev–Trinajstić information content (AvgIpc) is 3.56. The zero-order chi connectivity index (χ0) is 34.6. The second-order valence-corrected chi connectivity index (χ2v) is 17.6. The van der Waals surface area contributed by atoms with Crippen molar-refractivity contribution in [2.75, 3.05) is 25.6 Å². The Morgan fingerprint density at radius 3 is 2.34 bits per heavy atom. The van der Waals surface area contributed by atoms with Gasteiger partial charge in [0.05, 0.1) is 38.3 Å². The second-order valence-electron chi connectivity index (χ2n) is 12.5. The van der Waals surface area contributed by atoms with Crippen LogP contribution in [0.15, 0.2) is 41.8 Å². The Balaban J connectivity index is 1.80. The Morgan fingerprint density at radius 1 is 1.13 bits per heavy atom. The van der Waals surface area contributed by atoms with Gasteiger partial charge in [-0.25, -0.2) is 14.6 Å². The van der Waals surface area contributed by atoms with E-state index in [1.807, 2.05) is 6.07 Å². The molecule has 0 amide bonds. The van der Waals surface area contributed by atoms with Crippen molar-refractivity contribution < 1.29 is 33.0 Å². The van der Waals surface area contributed by atoms with Gasteiger partial charge in [-0.3, -0.25) is 4.57 Å². The van der Waals surface area contributed by atoms with E-state index in [9.17, 15) is 15.1 Å². The van der Waals surface area contributed by atoms with E-state index < -0.39 is 50.3 Å². The minimum atomic E-state index is -2.55. The molecule has 3 aromatic rings. The van der Waals surface area contributed by atoms with Gasteiger partial charge in [0.15, 0.2) is 26.0 Å². The van der Waals surface area contributed by atoms with Crippen LogP contribution in [0.4, 0.5) is 5.82 Å². The quantitative estimate of drug-likeness (QED) is 0.0473. The van der Waals surface area contributed by atoms with Crippen LogP contribution >= 0.6 is 11.6 Å². The molecule has 1 aliphatic rings. The number of rotatable bonds is 13. The predicted molar refractivity (Wildman–Crippen MR) is 176 cm³/mol. The van der Waals surface area contributed by atoms with Crippen LogP contribution < -0.4 is 5.73 Å². The summed E-state index contributed by atoms with van der Waals surface area (Å²) in [5, 5.41) is 3.76. The Morgan fingerprint density at radius 2 is 1.77 bits per heavy atom. The predicted octanol–water partition coefficient (Wildman–Crippen LogP) is 5.15. The highest BCUT2D eigenvalue weighted by molar-refractivity contribution is 6.74. The summed E-state index contributed by atoms with van der Waals surface area (Å²) < 4.78 is 32.0. The Labute approximate surface area is 278 Å². The van der Waals surface area contributed by atoms with Gasteiger partial charge in [0.25, 0.3) is 5.60 Å². The van der Waals surface area contributed by atoms with Gasteiger partial charge >= 0.3 is 11.9 Å². The number of imidazole rings is 1. The van der Waals surface area contributed by atoms with Gasteiger partial charge in [-0.15, -0.1) is 0 Å². The number of carbonyl (C=O) groups excluding carboxylic acids is 2. The molecular weight excluding hydrogens is 648 g/mol. The highest BCUT2D eigenvalue weighted by atomic mass is 35.5. The lowest BCUT2D eigenvalue weighted by atomic mass is 9.93. The zero-order valence-electron chi connectivity index (χ0n) is 27.5. The zero-order valence-corrected chi connectivity index (χ0v) is 29.3. The molecule has 0 radical (unpaired) electrons. The van der Waals surface area contributed by atoms with E-state index in [0.717, 1.165) is 0 Å². The van der Waals surface area contributed by atoms with Crippen LogP contribution in [0.1, 0.15) is 46.4 Å². The summed E-state index contributed by atoms with van der Waals surface area (Å²) >= 11 is 6.16. The topological polar surface area (TPSA) is 199 Å². The van der Waals surface area contributed by atoms with E-state index in [1.165, 1.54) is 6.33 Å². The van der Waals surface area contributed by atoms with Gasteiger partial charge in [-0.05, 0) is 54.7 Å². The number of nitrogen functional groups attached to an aromatic ring is 1. The van der Waals surface area contributed by atoms with Crippen molar-refractivity contribution in [1.29, 1.82) is 0 Å². The van der Waals surface area contributed by atoms with Crippen LogP contribution in [-0.4, -0.2) is 83.4 Å². The van der Waals surface area contributed by atoms with Crippen molar-refractivity contribution >= 4 is 48.8 Å². The first kappa shape index (κ1) is 36.1. The van der Waals surface area contributed by atoms with E-state index in [2.05, 4.69) is 58.8 Å². The number of azide groups is 1. The van der Waals surface area contributed by atoms with E-state index in [-0.39, 0.29) is 53.5 Å². The number of hydrogen-bond donors (Lipinski definition) is 1. The van der Waals surface area contributed by atoms with Crippen LogP contribution in [0.2, 0.25) is 23.4 Å². The third-order valence-corrected chi connectivity index (χ3v) is 13.1. The van der Waals surface area contributed by atoms with Crippen LogP contribution in [0.5, 0.6) is 0 Å². The fourth-order valence-electron chi connectivity index (χ4n) is 5.02. The van der Waals surface area contributed by atoms with E-state index in [0.29, 0.717) is 5.56 Å². The summed E-state index contributed by atoms with van der Waals surface area (Å²) in [5.41, 5.74) is 14.8. The Hall–Kier alpha value is -3.79. The van der Waals surface area contributed by atoms with Gasteiger partial charge in [0.2, 0.25) is 5.28 Å².